The highest BCUT2D eigenvalue weighted by molar-refractivity contribution is 6.20. The summed E-state index contributed by atoms with van der Waals surface area (Å²) >= 11 is 5.77. The maximum atomic E-state index is 11.5. The Kier molecular flexibility index (Phi) is 5.45. The minimum Gasteiger partial charge on any atom is -0.366 e. The number of alkyl halides is 1. The molecule has 0 spiro atoms. The Bertz CT molecular complexity index is 187. The molecule has 0 fully saturated rings. The number of halogens is 1. The smallest absolute Gasteiger partial charge is 0.248 e. The fraction of sp³-hybridized carbons (Fsp3) is 0.900. The third-order valence-electron chi connectivity index (χ3n) is 1.58. The molecule has 0 rings (SSSR count). The molecular weight excluding hydrogens is 202 g/mol. The lowest BCUT2D eigenvalue weighted by Gasteiger charge is -2.23. The van der Waals surface area contributed by atoms with E-state index in [0.29, 0.717) is 6.54 Å². The van der Waals surface area contributed by atoms with Crippen molar-refractivity contribution in [2.75, 3.05) is 20.2 Å². The third-order valence-corrected chi connectivity index (χ3v) is 1.72. The van der Waals surface area contributed by atoms with Crippen molar-refractivity contribution in [3.8, 4) is 0 Å². The average molecular weight is 222 g/mol. The van der Waals surface area contributed by atoms with Gasteiger partial charge in [0.25, 0.3) is 0 Å². The summed E-state index contributed by atoms with van der Waals surface area (Å²) in [5, 5.41) is -0.0291. The summed E-state index contributed by atoms with van der Waals surface area (Å²) in [6, 6.07) is 0. The van der Waals surface area contributed by atoms with Crippen LogP contribution in [0.4, 0.5) is 0 Å². The van der Waals surface area contributed by atoms with Crippen LogP contribution < -0.4 is 0 Å². The first-order valence-electron chi connectivity index (χ1n) is 4.74. The minimum atomic E-state index is -0.275. The number of likely N-dealkylation sites (N-methyl/N-ethyl adjacent to an activating group) is 1. The highest BCUT2D eigenvalue weighted by atomic mass is 35.5. The van der Waals surface area contributed by atoms with Crippen molar-refractivity contribution in [2.45, 2.75) is 38.7 Å². The van der Waals surface area contributed by atoms with Crippen LogP contribution in [0.15, 0.2) is 0 Å². The Morgan fingerprint density at radius 3 is 2.36 bits per heavy atom. The van der Waals surface area contributed by atoms with E-state index in [0.717, 1.165) is 0 Å². The summed E-state index contributed by atoms with van der Waals surface area (Å²) in [6.45, 7) is 8.28. The zero-order valence-electron chi connectivity index (χ0n) is 9.63. The summed E-state index contributed by atoms with van der Waals surface area (Å²) in [4.78, 5) is 13.1. The summed E-state index contributed by atoms with van der Waals surface area (Å²) in [5.41, 5.74) is -0.275. The van der Waals surface area contributed by atoms with Gasteiger partial charge >= 0.3 is 0 Å². The first-order chi connectivity index (χ1) is 6.22. The van der Waals surface area contributed by atoms with Gasteiger partial charge in [0, 0.05) is 19.0 Å². The zero-order chi connectivity index (χ0) is 11.4. The summed E-state index contributed by atoms with van der Waals surface area (Å²) in [5.74, 6) is -0.0348. The number of hydrogen-bond donors (Lipinski definition) is 0. The monoisotopic (exact) mass is 221 g/mol. The lowest BCUT2D eigenvalue weighted by atomic mass is 10.2. The van der Waals surface area contributed by atoms with Crippen LogP contribution in [0.3, 0.4) is 0 Å². The van der Waals surface area contributed by atoms with E-state index in [1.54, 1.807) is 11.9 Å². The molecular formula is C10H20ClNO2. The molecule has 14 heavy (non-hydrogen) atoms. The normalized spacial score (nSPS) is 13.9. The van der Waals surface area contributed by atoms with Gasteiger partial charge in [-0.3, -0.25) is 4.79 Å². The largest absolute Gasteiger partial charge is 0.366 e. The Hall–Kier alpha value is -0.280. The minimum absolute atomic E-state index is 0.0291. The Morgan fingerprint density at radius 1 is 1.50 bits per heavy atom. The fourth-order valence-corrected chi connectivity index (χ4v) is 1.07. The van der Waals surface area contributed by atoms with Gasteiger partial charge in [0.05, 0.1) is 5.60 Å². The lowest BCUT2D eigenvalue weighted by molar-refractivity contribution is -0.139. The quantitative estimate of drug-likeness (QED) is 0.679. The summed E-state index contributed by atoms with van der Waals surface area (Å²) in [6.07, 6.45) is 0. The van der Waals surface area contributed by atoms with Crippen molar-refractivity contribution in [1.29, 1.82) is 0 Å². The van der Waals surface area contributed by atoms with Crippen LogP contribution in [0, 0.1) is 0 Å². The van der Waals surface area contributed by atoms with Gasteiger partial charge in [0.1, 0.15) is 6.61 Å². The number of nitrogens with zero attached hydrogens (tertiary/aromatic N) is 1. The van der Waals surface area contributed by atoms with Crippen molar-refractivity contribution < 1.29 is 9.53 Å². The summed E-state index contributed by atoms with van der Waals surface area (Å²) in [7, 11) is 1.73. The van der Waals surface area contributed by atoms with Crippen molar-refractivity contribution >= 4 is 17.5 Å². The predicted octanol–water partition coefficient (Wildman–Crippen LogP) is 1.89. The Labute approximate surface area is 91.4 Å². The molecule has 0 aliphatic rings. The molecule has 3 nitrogen and oxygen atoms in total. The maximum Gasteiger partial charge on any atom is 0.248 e. The number of carbonyl (C=O) groups excluding carboxylic acids is 1. The molecule has 1 unspecified atom stereocenters. The fourth-order valence-electron chi connectivity index (χ4n) is 0.868. The van der Waals surface area contributed by atoms with Crippen molar-refractivity contribution in [1.82, 2.24) is 4.90 Å². The second-order valence-corrected chi connectivity index (χ2v) is 5.20. The topological polar surface area (TPSA) is 29.5 Å². The van der Waals surface area contributed by atoms with E-state index in [4.69, 9.17) is 16.3 Å². The van der Waals surface area contributed by atoms with E-state index in [-0.39, 0.29) is 23.5 Å². The zero-order valence-corrected chi connectivity index (χ0v) is 10.4. The van der Waals surface area contributed by atoms with Gasteiger partial charge in [-0.05, 0) is 27.7 Å². The van der Waals surface area contributed by atoms with Crippen LogP contribution in [-0.4, -0.2) is 42.0 Å². The highest BCUT2D eigenvalue weighted by Crippen LogP contribution is 2.07. The number of amides is 1. The van der Waals surface area contributed by atoms with E-state index < -0.39 is 0 Å². The van der Waals surface area contributed by atoms with Crippen LogP contribution in [0.1, 0.15) is 27.7 Å². The number of ether oxygens (including phenoxy) is 1. The molecule has 0 heterocycles. The number of rotatable bonds is 4. The molecule has 0 aliphatic carbocycles. The lowest BCUT2D eigenvalue weighted by Crippen LogP contribution is -2.36. The molecule has 1 atom stereocenters. The molecule has 4 heteroatoms. The standard InChI is InChI=1S/C10H20ClNO2/c1-8(11)6-12(5)9(13)7-14-10(2,3)4/h8H,6-7H2,1-5H3. The molecule has 0 aromatic rings. The predicted molar refractivity (Wildman–Crippen MR) is 58.7 cm³/mol. The highest BCUT2D eigenvalue weighted by Gasteiger charge is 2.16. The van der Waals surface area contributed by atoms with Crippen molar-refractivity contribution in [2.24, 2.45) is 0 Å². The van der Waals surface area contributed by atoms with E-state index in [1.807, 2.05) is 27.7 Å². The van der Waals surface area contributed by atoms with Crippen molar-refractivity contribution in [3.05, 3.63) is 0 Å². The van der Waals surface area contributed by atoms with E-state index in [1.165, 1.54) is 0 Å². The Balaban J connectivity index is 3.85. The van der Waals surface area contributed by atoms with E-state index >= 15 is 0 Å². The second kappa shape index (κ2) is 5.56. The molecule has 0 saturated heterocycles. The Morgan fingerprint density at radius 2 is 2.00 bits per heavy atom. The molecule has 84 valence electrons. The van der Waals surface area contributed by atoms with Crippen LogP contribution in [0.2, 0.25) is 0 Å². The van der Waals surface area contributed by atoms with Gasteiger partial charge in [-0.15, -0.1) is 11.6 Å². The van der Waals surface area contributed by atoms with Crippen LogP contribution >= 0.6 is 11.6 Å². The maximum absolute atomic E-state index is 11.5. The SMILES string of the molecule is CC(Cl)CN(C)C(=O)COC(C)(C)C. The molecule has 0 bridgehead atoms. The van der Waals surface area contributed by atoms with Gasteiger partial charge in [0.2, 0.25) is 5.91 Å². The molecule has 0 aliphatic heterocycles. The van der Waals surface area contributed by atoms with Gasteiger partial charge in [0.15, 0.2) is 0 Å². The van der Waals surface area contributed by atoms with Crippen molar-refractivity contribution in [3.63, 3.8) is 0 Å². The molecule has 0 N–H and O–H groups in total. The molecule has 1 amide bonds. The average Bonchev–Trinajstić information content (AvgIpc) is 1.97. The first kappa shape index (κ1) is 13.7. The van der Waals surface area contributed by atoms with Crippen LogP contribution in [-0.2, 0) is 9.53 Å². The molecule has 0 aromatic carbocycles. The van der Waals surface area contributed by atoms with Crippen LogP contribution in [0.5, 0.6) is 0 Å². The van der Waals surface area contributed by atoms with Gasteiger partial charge < -0.3 is 9.64 Å². The second-order valence-electron chi connectivity index (χ2n) is 4.46. The molecule has 0 aromatic heterocycles. The van der Waals surface area contributed by atoms with Crippen LogP contribution in [0.25, 0.3) is 0 Å². The summed E-state index contributed by atoms with van der Waals surface area (Å²) < 4.78 is 5.36. The number of carbonyl (C=O) groups is 1. The number of hydrogen-bond acceptors (Lipinski definition) is 2. The third kappa shape index (κ3) is 7.15. The van der Waals surface area contributed by atoms with E-state index in [2.05, 4.69) is 0 Å². The van der Waals surface area contributed by atoms with E-state index in [9.17, 15) is 4.79 Å². The molecule has 0 radical (unpaired) electrons. The molecule has 0 saturated carbocycles. The van der Waals surface area contributed by atoms with Gasteiger partial charge in [-0.2, -0.15) is 0 Å². The van der Waals surface area contributed by atoms with Gasteiger partial charge in [-0.1, -0.05) is 0 Å². The van der Waals surface area contributed by atoms with Gasteiger partial charge in [-0.25, -0.2) is 0 Å². The first-order valence-corrected chi connectivity index (χ1v) is 5.18.